The minimum Gasteiger partial charge on any atom is -0.0654 e. The normalized spacial score (nSPS) is 13.3. The fourth-order valence-electron chi connectivity index (χ4n) is 5.94. The van der Waals surface area contributed by atoms with Crippen molar-refractivity contribution in [1.29, 1.82) is 0 Å². The zero-order valence-electron chi connectivity index (χ0n) is 26.4. The smallest absolute Gasteiger partial charge is 0.0443 e. The Labute approximate surface area is 232 Å². The van der Waals surface area contributed by atoms with Gasteiger partial charge in [0.05, 0.1) is 0 Å². The SMILES string of the molecule is CCCCCCCCCCCCCCC(C)CCCCCCCCCC(C)CCCCCCCCC. The first kappa shape index (κ1) is 36.0. The summed E-state index contributed by atoms with van der Waals surface area (Å²) in [5, 5.41) is 0. The second-order valence-electron chi connectivity index (χ2n) is 12.9. The average Bonchev–Trinajstić information content (AvgIpc) is 2.87. The van der Waals surface area contributed by atoms with E-state index in [1.54, 1.807) is 0 Å². The molecule has 0 rings (SSSR count). The van der Waals surface area contributed by atoms with Crippen LogP contribution in [-0.2, 0) is 0 Å². The van der Waals surface area contributed by atoms with Gasteiger partial charge in [-0.05, 0) is 11.8 Å². The van der Waals surface area contributed by atoms with E-state index >= 15 is 0 Å². The highest BCUT2D eigenvalue weighted by molar-refractivity contribution is 4.58. The molecule has 218 valence electrons. The maximum absolute atomic E-state index is 2.51. The number of hydrogen-bond donors (Lipinski definition) is 0. The van der Waals surface area contributed by atoms with Gasteiger partial charge in [0.1, 0.15) is 0 Å². The first-order valence-electron chi connectivity index (χ1n) is 17.7. The highest BCUT2D eigenvalue weighted by atomic mass is 14.1. The van der Waals surface area contributed by atoms with Gasteiger partial charge in [-0.3, -0.25) is 0 Å². The van der Waals surface area contributed by atoms with Crippen LogP contribution in [0, 0.1) is 11.8 Å². The lowest BCUT2D eigenvalue weighted by Gasteiger charge is -2.12. The maximum atomic E-state index is 2.51. The van der Waals surface area contributed by atoms with Crippen molar-refractivity contribution in [2.24, 2.45) is 11.8 Å². The molecule has 0 heteroatoms. The van der Waals surface area contributed by atoms with Crippen molar-refractivity contribution < 1.29 is 0 Å². The van der Waals surface area contributed by atoms with E-state index in [1.807, 2.05) is 0 Å². The van der Waals surface area contributed by atoms with Crippen LogP contribution in [0.4, 0.5) is 0 Å². The zero-order valence-corrected chi connectivity index (χ0v) is 26.4. The van der Waals surface area contributed by atoms with Gasteiger partial charge in [-0.15, -0.1) is 0 Å². The van der Waals surface area contributed by atoms with Gasteiger partial charge in [0.25, 0.3) is 0 Å². The quantitative estimate of drug-likeness (QED) is 0.0820. The third-order valence-electron chi connectivity index (χ3n) is 8.74. The molecule has 2 atom stereocenters. The molecule has 0 aromatic heterocycles. The molecule has 0 saturated heterocycles. The van der Waals surface area contributed by atoms with Gasteiger partial charge in [0.2, 0.25) is 0 Å². The minimum atomic E-state index is 0.964. The molecule has 0 aromatic rings. The van der Waals surface area contributed by atoms with Gasteiger partial charge in [-0.25, -0.2) is 0 Å². The van der Waals surface area contributed by atoms with Gasteiger partial charge in [0.15, 0.2) is 0 Å². The largest absolute Gasteiger partial charge is 0.0654 e. The number of unbranched alkanes of at least 4 members (excludes halogenated alkanes) is 23. The van der Waals surface area contributed by atoms with Crippen LogP contribution in [0.1, 0.15) is 220 Å². The fourth-order valence-corrected chi connectivity index (χ4v) is 5.94. The number of hydrogen-bond acceptors (Lipinski definition) is 0. The molecule has 0 spiro atoms. The molecular weight excluding hydrogens is 432 g/mol. The third kappa shape index (κ3) is 30.2. The maximum Gasteiger partial charge on any atom is -0.0443 e. The Kier molecular flexibility index (Phi) is 31.2. The summed E-state index contributed by atoms with van der Waals surface area (Å²) >= 11 is 0. The lowest BCUT2D eigenvalue weighted by molar-refractivity contribution is 0.422. The van der Waals surface area contributed by atoms with Crippen molar-refractivity contribution in [2.75, 3.05) is 0 Å². The molecule has 36 heavy (non-hydrogen) atoms. The van der Waals surface area contributed by atoms with Crippen molar-refractivity contribution in [3.8, 4) is 0 Å². The first-order chi connectivity index (χ1) is 17.7. The van der Waals surface area contributed by atoms with Crippen LogP contribution in [0.15, 0.2) is 0 Å². The topological polar surface area (TPSA) is 0 Å². The molecule has 0 nitrogen and oxygen atoms in total. The van der Waals surface area contributed by atoms with Crippen LogP contribution in [-0.4, -0.2) is 0 Å². The second-order valence-corrected chi connectivity index (χ2v) is 12.9. The Bertz CT molecular complexity index is 372. The van der Waals surface area contributed by atoms with Crippen molar-refractivity contribution in [3.63, 3.8) is 0 Å². The Morgan fingerprint density at radius 2 is 0.417 bits per heavy atom. The Morgan fingerprint density at radius 1 is 0.250 bits per heavy atom. The molecule has 0 radical (unpaired) electrons. The molecule has 0 aliphatic carbocycles. The Morgan fingerprint density at radius 3 is 0.611 bits per heavy atom. The summed E-state index contributed by atoms with van der Waals surface area (Å²) in [4.78, 5) is 0. The van der Waals surface area contributed by atoms with E-state index in [2.05, 4.69) is 27.7 Å². The van der Waals surface area contributed by atoms with E-state index < -0.39 is 0 Å². The van der Waals surface area contributed by atoms with Crippen molar-refractivity contribution in [3.05, 3.63) is 0 Å². The summed E-state index contributed by atoms with van der Waals surface area (Å²) in [6.07, 6.45) is 44.1. The van der Waals surface area contributed by atoms with Crippen LogP contribution in [0.3, 0.4) is 0 Å². The summed E-state index contributed by atoms with van der Waals surface area (Å²) in [5.74, 6) is 1.93. The lowest BCUT2D eigenvalue weighted by atomic mass is 9.95. The van der Waals surface area contributed by atoms with Gasteiger partial charge in [-0.2, -0.15) is 0 Å². The van der Waals surface area contributed by atoms with Gasteiger partial charge < -0.3 is 0 Å². The third-order valence-corrected chi connectivity index (χ3v) is 8.74. The summed E-state index contributed by atoms with van der Waals surface area (Å²) in [7, 11) is 0. The predicted molar refractivity (Wildman–Crippen MR) is 168 cm³/mol. The molecule has 0 aliphatic rings. The molecule has 0 bridgehead atoms. The molecule has 0 aliphatic heterocycles. The highest BCUT2D eigenvalue weighted by Gasteiger charge is 2.04. The summed E-state index contributed by atoms with van der Waals surface area (Å²) in [6.45, 7) is 9.62. The van der Waals surface area contributed by atoms with Crippen LogP contribution in [0.2, 0.25) is 0 Å². The first-order valence-corrected chi connectivity index (χ1v) is 17.7. The van der Waals surface area contributed by atoms with Crippen LogP contribution >= 0.6 is 0 Å². The van der Waals surface area contributed by atoms with E-state index in [4.69, 9.17) is 0 Å². The van der Waals surface area contributed by atoms with Crippen molar-refractivity contribution in [1.82, 2.24) is 0 Å². The Balaban J connectivity index is 3.22. The van der Waals surface area contributed by atoms with E-state index in [0.717, 1.165) is 11.8 Å². The zero-order chi connectivity index (χ0) is 26.4. The molecule has 0 fully saturated rings. The van der Waals surface area contributed by atoms with E-state index in [9.17, 15) is 0 Å². The fraction of sp³-hybridized carbons (Fsp3) is 1.00. The van der Waals surface area contributed by atoms with Gasteiger partial charge >= 0.3 is 0 Å². The average molecular weight is 507 g/mol. The Hall–Kier alpha value is 0. The second kappa shape index (κ2) is 31.2. The van der Waals surface area contributed by atoms with E-state index in [-0.39, 0.29) is 0 Å². The molecule has 0 amide bonds. The van der Waals surface area contributed by atoms with E-state index in [1.165, 1.54) is 193 Å². The highest BCUT2D eigenvalue weighted by Crippen LogP contribution is 2.21. The van der Waals surface area contributed by atoms with Crippen LogP contribution < -0.4 is 0 Å². The summed E-state index contributed by atoms with van der Waals surface area (Å²) in [5.41, 5.74) is 0. The summed E-state index contributed by atoms with van der Waals surface area (Å²) < 4.78 is 0. The molecule has 2 unspecified atom stereocenters. The molecule has 0 saturated carbocycles. The van der Waals surface area contributed by atoms with E-state index in [0.29, 0.717) is 0 Å². The summed E-state index contributed by atoms with van der Waals surface area (Å²) in [6, 6.07) is 0. The van der Waals surface area contributed by atoms with Gasteiger partial charge in [0, 0.05) is 0 Å². The lowest BCUT2D eigenvalue weighted by Crippen LogP contribution is -1.96. The monoisotopic (exact) mass is 507 g/mol. The molecule has 0 aromatic carbocycles. The minimum absolute atomic E-state index is 0.964. The standard InChI is InChI=1S/C36H74/c1-5-7-9-11-13-14-15-16-17-20-24-28-32-36(4)34-30-26-22-18-21-25-29-33-35(3)31-27-23-19-12-10-8-6-2/h35-36H,5-34H2,1-4H3. The molecule has 0 N–H and O–H groups in total. The number of rotatable bonds is 31. The van der Waals surface area contributed by atoms with Crippen LogP contribution in [0.25, 0.3) is 0 Å². The molecule has 0 heterocycles. The molecular formula is C36H74. The van der Waals surface area contributed by atoms with Gasteiger partial charge in [-0.1, -0.05) is 220 Å². The van der Waals surface area contributed by atoms with Crippen LogP contribution in [0.5, 0.6) is 0 Å². The predicted octanol–water partition coefficient (Wildman–Crippen LogP) is 14.0. The van der Waals surface area contributed by atoms with Crippen molar-refractivity contribution in [2.45, 2.75) is 220 Å². The van der Waals surface area contributed by atoms with Crippen molar-refractivity contribution >= 4 is 0 Å².